The number of nitrogens with zero attached hydrogens (tertiary/aromatic N) is 2. The first kappa shape index (κ1) is 15.8. The predicted molar refractivity (Wildman–Crippen MR) is 87.4 cm³/mol. The molecule has 4 heteroatoms. The summed E-state index contributed by atoms with van der Waals surface area (Å²) < 4.78 is 0. The normalized spacial score (nSPS) is 17.2. The number of nitrogen functional groups attached to an aromatic ring is 1. The molecule has 0 atom stereocenters. The van der Waals surface area contributed by atoms with Gasteiger partial charge in [-0.2, -0.15) is 0 Å². The molecular formula is C17H27N3O. The molecule has 2 rings (SSSR count). The van der Waals surface area contributed by atoms with Crippen molar-refractivity contribution < 1.29 is 4.79 Å². The largest absolute Gasteiger partial charge is 0.398 e. The highest BCUT2D eigenvalue weighted by molar-refractivity contribution is 5.99. The molecule has 0 unspecified atom stereocenters. The first-order chi connectivity index (χ1) is 9.90. The van der Waals surface area contributed by atoms with Crippen molar-refractivity contribution in [2.45, 2.75) is 45.7 Å². The third-order valence-electron chi connectivity index (χ3n) is 4.54. The molecule has 21 heavy (non-hydrogen) atoms. The van der Waals surface area contributed by atoms with Crippen molar-refractivity contribution in [3.8, 4) is 0 Å². The molecule has 0 bridgehead atoms. The molecule has 1 aliphatic heterocycles. The van der Waals surface area contributed by atoms with E-state index in [9.17, 15) is 4.79 Å². The Hall–Kier alpha value is -1.55. The Labute approximate surface area is 127 Å². The number of amides is 1. The quantitative estimate of drug-likeness (QED) is 0.870. The Morgan fingerprint density at radius 1 is 1.33 bits per heavy atom. The summed E-state index contributed by atoms with van der Waals surface area (Å²) in [7, 11) is 1.90. The van der Waals surface area contributed by atoms with Crippen molar-refractivity contribution >= 4 is 11.6 Å². The van der Waals surface area contributed by atoms with Crippen LogP contribution >= 0.6 is 0 Å². The standard InChI is InChI=1S/C17H27N3O/c1-12(2)20-9-7-14(8-10-20)19(4)17(21)15-11-13(3)5-6-16(15)18/h5-6,11-12,14H,7-10,18H2,1-4H3. The summed E-state index contributed by atoms with van der Waals surface area (Å²) >= 11 is 0. The average Bonchev–Trinajstić information content (AvgIpc) is 2.48. The van der Waals surface area contributed by atoms with Crippen LogP contribution in [0.2, 0.25) is 0 Å². The van der Waals surface area contributed by atoms with Crippen LogP contribution < -0.4 is 5.73 Å². The van der Waals surface area contributed by atoms with Crippen molar-refractivity contribution in [3.63, 3.8) is 0 Å². The summed E-state index contributed by atoms with van der Waals surface area (Å²) in [4.78, 5) is 17.0. The minimum atomic E-state index is 0.0409. The lowest BCUT2D eigenvalue weighted by Crippen LogP contribution is -2.47. The fraction of sp³-hybridized carbons (Fsp3) is 0.588. The molecule has 1 aromatic carbocycles. The first-order valence-electron chi connectivity index (χ1n) is 7.77. The van der Waals surface area contributed by atoms with Crippen LogP contribution in [0.25, 0.3) is 0 Å². The number of aryl methyl sites for hydroxylation is 1. The van der Waals surface area contributed by atoms with Gasteiger partial charge in [-0.3, -0.25) is 4.79 Å². The third-order valence-corrected chi connectivity index (χ3v) is 4.54. The van der Waals surface area contributed by atoms with E-state index in [1.807, 2.05) is 37.1 Å². The minimum Gasteiger partial charge on any atom is -0.398 e. The molecule has 0 saturated carbocycles. The van der Waals surface area contributed by atoms with Gasteiger partial charge in [0.25, 0.3) is 5.91 Å². The number of piperidine rings is 1. The lowest BCUT2D eigenvalue weighted by atomic mass is 10.0. The van der Waals surface area contributed by atoms with Crippen LogP contribution in [0.5, 0.6) is 0 Å². The van der Waals surface area contributed by atoms with E-state index in [1.165, 1.54) is 0 Å². The molecule has 116 valence electrons. The van der Waals surface area contributed by atoms with Crippen molar-refractivity contribution in [2.75, 3.05) is 25.9 Å². The Kier molecular flexibility index (Phi) is 4.88. The molecule has 0 aliphatic carbocycles. The van der Waals surface area contributed by atoms with Crippen LogP contribution in [0, 0.1) is 6.92 Å². The second-order valence-corrected chi connectivity index (χ2v) is 6.37. The second-order valence-electron chi connectivity index (χ2n) is 6.37. The number of nitrogens with two attached hydrogens (primary N) is 1. The summed E-state index contributed by atoms with van der Waals surface area (Å²) in [6, 6.07) is 6.54. The minimum absolute atomic E-state index is 0.0409. The van der Waals surface area contributed by atoms with Gasteiger partial charge in [0.05, 0.1) is 5.56 Å². The molecule has 0 spiro atoms. The second kappa shape index (κ2) is 6.48. The summed E-state index contributed by atoms with van der Waals surface area (Å²) in [5, 5.41) is 0. The van der Waals surface area contributed by atoms with Crippen molar-refractivity contribution in [2.24, 2.45) is 0 Å². The SMILES string of the molecule is Cc1ccc(N)c(C(=O)N(C)C2CCN(C(C)C)CC2)c1. The number of carbonyl (C=O) groups is 1. The number of hydrogen-bond acceptors (Lipinski definition) is 3. The summed E-state index contributed by atoms with van der Waals surface area (Å²) in [5.74, 6) is 0.0409. The third kappa shape index (κ3) is 3.56. The smallest absolute Gasteiger partial charge is 0.255 e. The average molecular weight is 289 g/mol. The summed E-state index contributed by atoms with van der Waals surface area (Å²) in [6.07, 6.45) is 2.07. The topological polar surface area (TPSA) is 49.6 Å². The molecule has 0 aromatic heterocycles. The van der Waals surface area contributed by atoms with Gasteiger partial charge in [0.15, 0.2) is 0 Å². The number of benzene rings is 1. The van der Waals surface area contributed by atoms with E-state index in [0.717, 1.165) is 31.5 Å². The maximum Gasteiger partial charge on any atom is 0.255 e. The van der Waals surface area contributed by atoms with E-state index in [-0.39, 0.29) is 5.91 Å². The van der Waals surface area contributed by atoms with Gasteiger partial charge in [-0.05, 0) is 45.7 Å². The fourth-order valence-electron chi connectivity index (χ4n) is 3.00. The fourth-order valence-corrected chi connectivity index (χ4v) is 3.00. The van der Waals surface area contributed by atoms with Crippen molar-refractivity contribution in [3.05, 3.63) is 29.3 Å². The highest BCUT2D eigenvalue weighted by Crippen LogP contribution is 2.21. The Balaban J connectivity index is 2.05. The van der Waals surface area contributed by atoms with E-state index in [2.05, 4.69) is 18.7 Å². The number of hydrogen-bond donors (Lipinski definition) is 1. The van der Waals surface area contributed by atoms with E-state index < -0.39 is 0 Å². The maximum atomic E-state index is 12.7. The molecule has 0 radical (unpaired) electrons. The zero-order valence-corrected chi connectivity index (χ0v) is 13.6. The van der Waals surface area contributed by atoms with E-state index in [1.54, 1.807) is 0 Å². The molecule has 1 fully saturated rings. The van der Waals surface area contributed by atoms with Crippen LogP contribution in [-0.4, -0.2) is 47.9 Å². The maximum absolute atomic E-state index is 12.7. The summed E-state index contributed by atoms with van der Waals surface area (Å²) in [5.41, 5.74) is 8.22. The Morgan fingerprint density at radius 3 is 2.52 bits per heavy atom. The van der Waals surface area contributed by atoms with Gasteiger partial charge in [0, 0.05) is 37.9 Å². The van der Waals surface area contributed by atoms with Crippen LogP contribution in [0.3, 0.4) is 0 Å². The molecule has 1 aromatic rings. The molecule has 2 N–H and O–H groups in total. The predicted octanol–water partition coefficient (Wildman–Crippen LogP) is 2.52. The van der Waals surface area contributed by atoms with Gasteiger partial charge in [-0.15, -0.1) is 0 Å². The molecule has 1 saturated heterocycles. The molecule has 1 aliphatic rings. The lowest BCUT2D eigenvalue weighted by Gasteiger charge is -2.38. The lowest BCUT2D eigenvalue weighted by molar-refractivity contribution is 0.0616. The highest BCUT2D eigenvalue weighted by Gasteiger charge is 2.27. The molecule has 4 nitrogen and oxygen atoms in total. The first-order valence-corrected chi connectivity index (χ1v) is 7.77. The highest BCUT2D eigenvalue weighted by atomic mass is 16.2. The molecular weight excluding hydrogens is 262 g/mol. The zero-order chi connectivity index (χ0) is 15.6. The van der Waals surface area contributed by atoms with Crippen LogP contribution in [0.4, 0.5) is 5.69 Å². The van der Waals surface area contributed by atoms with Crippen LogP contribution in [0.1, 0.15) is 42.6 Å². The Bertz CT molecular complexity index is 505. The van der Waals surface area contributed by atoms with Crippen LogP contribution in [0.15, 0.2) is 18.2 Å². The monoisotopic (exact) mass is 289 g/mol. The van der Waals surface area contributed by atoms with Crippen molar-refractivity contribution in [1.29, 1.82) is 0 Å². The van der Waals surface area contributed by atoms with Gasteiger partial charge in [0.2, 0.25) is 0 Å². The number of anilines is 1. The van der Waals surface area contributed by atoms with Crippen molar-refractivity contribution in [1.82, 2.24) is 9.80 Å². The van der Waals surface area contributed by atoms with E-state index in [0.29, 0.717) is 23.3 Å². The number of rotatable bonds is 3. The van der Waals surface area contributed by atoms with Gasteiger partial charge in [0.1, 0.15) is 0 Å². The molecule has 1 heterocycles. The zero-order valence-electron chi connectivity index (χ0n) is 13.6. The van der Waals surface area contributed by atoms with Gasteiger partial charge >= 0.3 is 0 Å². The van der Waals surface area contributed by atoms with Gasteiger partial charge in [-0.25, -0.2) is 0 Å². The van der Waals surface area contributed by atoms with Gasteiger partial charge < -0.3 is 15.5 Å². The Morgan fingerprint density at radius 2 is 1.95 bits per heavy atom. The number of likely N-dealkylation sites (tertiary alicyclic amines) is 1. The number of carbonyl (C=O) groups excluding carboxylic acids is 1. The van der Waals surface area contributed by atoms with E-state index >= 15 is 0 Å². The summed E-state index contributed by atoms with van der Waals surface area (Å²) in [6.45, 7) is 8.55. The van der Waals surface area contributed by atoms with Gasteiger partial charge in [-0.1, -0.05) is 11.6 Å². The van der Waals surface area contributed by atoms with E-state index in [4.69, 9.17) is 5.73 Å². The molecule has 1 amide bonds. The van der Waals surface area contributed by atoms with Crippen LogP contribution in [-0.2, 0) is 0 Å².